The monoisotopic (exact) mass is 267 g/mol. The van der Waals surface area contributed by atoms with E-state index in [2.05, 4.69) is 4.52 Å². The Morgan fingerprint density at radius 2 is 1.82 bits per heavy atom. The average Bonchev–Trinajstić information content (AvgIpc) is 2.15. The molecular formula is C9H16O7P+. The first kappa shape index (κ1) is 16.0. The van der Waals surface area contributed by atoms with Gasteiger partial charge in [-0.05, 0) is 26.2 Å². The molecule has 0 aromatic heterocycles. The molecule has 0 aliphatic carbocycles. The summed E-state index contributed by atoms with van der Waals surface area (Å²) in [5.41, 5.74) is -1.70. The van der Waals surface area contributed by atoms with Crippen molar-refractivity contribution < 1.29 is 33.8 Å². The van der Waals surface area contributed by atoms with Crippen LogP contribution in [0, 0.1) is 0 Å². The van der Waals surface area contributed by atoms with Gasteiger partial charge in [0.05, 0.1) is 0 Å². The zero-order valence-corrected chi connectivity index (χ0v) is 10.4. The fraction of sp³-hybridized carbons (Fsp3) is 0.778. The lowest BCUT2D eigenvalue weighted by Gasteiger charge is -2.16. The Morgan fingerprint density at radius 3 is 2.24 bits per heavy atom. The van der Waals surface area contributed by atoms with E-state index < -0.39 is 25.8 Å². The molecule has 98 valence electrons. The van der Waals surface area contributed by atoms with Gasteiger partial charge in [-0.2, -0.15) is 0 Å². The van der Waals surface area contributed by atoms with Crippen LogP contribution >= 0.6 is 8.25 Å². The maximum Gasteiger partial charge on any atom is 0.695 e. The van der Waals surface area contributed by atoms with E-state index >= 15 is 0 Å². The van der Waals surface area contributed by atoms with Gasteiger partial charge in [-0.3, -0.25) is 4.79 Å². The van der Waals surface area contributed by atoms with Crippen LogP contribution in [0.3, 0.4) is 0 Å². The lowest BCUT2D eigenvalue weighted by molar-refractivity contribution is -0.154. The van der Waals surface area contributed by atoms with Gasteiger partial charge in [0.15, 0.2) is 0 Å². The van der Waals surface area contributed by atoms with Gasteiger partial charge < -0.3 is 10.2 Å². The second kappa shape index (κ2) is 7.32. The smallest absolute Gasteiger partial charge is 0.481 e. The second-order valence-electron chi connectivity index (χ2n) is 3.82. The van der Waals surface area contributed by atoms with Crippen molar-refractivity contribution in [2.24, 2.45) is 0 Å². The van der Waals surface area contributed by atoms with E-state index in [1.807, 2.05) is 0 Å². The molecule has 0 aliphatic heterocycles. The number of hydrogen-bond acceptors (Lipinski definition) is 4. The summed E-state index contributed by atoms with van der Waals surface area (Å²) in [6.07, 6.45) is 1.47. The highest BCUT2D eigenvalue weighted by atomic mass is 31.1. The van der Waals surface area contributed by atoms with E-state index in [1.165, 1.54) is 6.92 Å². The molecule has 2 atom stereocenters. The van der Waals surface area contributed by atoms with Crippen molar-refractivity contribution in [1.82, 2.24) is 0 Å². The number of carboxylic acids is 2. The summed E-state index contributed by atoms with van der Waals surface area (Å²) in [7, 11) is -2.98. The predicted octanol–water partition coefficient (Wildman–Crippen LogP) is 1.53. The van der Waals surface area contributed by atoms with Gasteiger partial charge in [0, 0.05) is 11.0 Å². The van der Waals surface area contributed by atoms with Crippen LogP contribution in [0.25, 0.3) is 0 Å². The summed E-state index contributed by atoms with van der Waals surface area (Å²) in [5, 5.41) is 17.3. The third-order valence-electron chi connectivity index (χ3n) is 2.28. The molecule has 17 heavy (non-hydrogen) atoms. The third kappa shape index (κ3) is 6.99. The van der Waals surface area contributed by atoms with Crippen LogP contribution in [0.1, 0.15) is 39.0 Å². The van der Waals surface area contributed by atoms with Crippen molar-refractivity contribution in [3.63, 3.8) is 0 Å². The van der Waals surface area contributed by atoms with Crippen molar-refractivity contribution in [3.8, 4) is 0 Å². The first-order valence-corrected chi connectivity index (χ1v) is 6.21. The molecule has 0 fully saturated rings. The Kier molecular flexibility index (Phi) is 6.87. The van der Waals surface area contributed by atoms with Gasteiger partial charge in [-0.1, -0.05) is 6.42 Å². The third-order valence-corrected chi connectivity index (χ3v) is 2.84. The summed E-state index contributed by atoms with van der Waals surface area (Å²) in [4.78, 5) is 29.7. The molecule has 0 aliphatic rings. The maximum atomic E-state index is 10.9. The number of unbranched alkanes of at least 4 members (excludes halogenated alkanes) is 2. The van der Waals surface area contributed by atoms with Crippen molar-refractivity contribution >= 4 is 20.2 Å². The largest absolute Gasteiger partial charge is 0.695 e. The minimum Gasteiger partial charge on any atom is -0.481 e. The molecule has 0 amide bonds. The van der Waals surface area contributed by atoms with Crippen LogP contribution in [0.2, 0.25) is 0 Å². The van der Waals surface area contributed by atoms with E-state index in [0.29, 0.717) is 19.3 Å². The predicted molar refractivity (Wildman–Crippen MR) is 57.7 cm³/mol. The molecule has 8 heteroatoms. The van der Waals surface area contributed by atoms with Gasteiger partial charge in [0.1, 0.15) is 0 Å². The lowest BCUT2D eigenvalue weighted by Crippen LogP contribution is -2.36. The fourth-order valence-electron chi connectivity index (χ4n) is 1.28. The molecule has 0 rings (SSSR count). The highest BCUT2D eigenvalue weighted by molar-refractivity contribution is 7.32. The number of carbonyl (C=O) groups is 2. The first-order valence-electron chi connectivity index (χ1n) is 5.08. The van der Waals surface area contributed by atoms with Gasteiger partial charge in [0.2, 0.25) is 5.60 Å². The summed E-state index contributed by atoms with van der Waals surface area (Å²) >= 11 is 0. The SMILES string of the molecule is CC(CCCCCC(=O)O)(O[P+](=O)O)C(=O)O. The normalized spacial score (nSPS) is 15.1. The van der Waals surface area contributed by atoms with Gasteiger partial charge >= 0.3 is 20.2 Å². The average molecular weight is 267 g/mol. The summed E-state index contributed by atoms with van der Waals surface area (Å²) in [5.74, 6) is -2.21. The number of aliphatic carboxylic acids is 2. The van der Waals surface area contributed by atoms with Crippen LogP contribution in [0.5, 0.6) is 0 Å². The van der Waals surface area contributed by atoms with Crippen LogP contribution in [0.4, 0.5) is 0 Å². The van der Waals surface area contributed by atoms with Crippen LogP contribution < -0.4 is 0 Å². The van der Waals surface area contributed by atoms with Crippen LogP contribution in [0.15, 0.2) is 0 Å². The Hall–Kier alpha value is -1.04. The maximum absolute atomic E-state index is 10.9. The summed E-state index contributed by atoms with van der Waals surface area (Å²) in [6.45, 7) is 1.22. The zero-order chi connectivity index (χ0) is 13.5. The molecule has 7 nitrogen and oxygen atoms in total. The molecule has 0 saturated heterocycles. The summed E-state index contributed by atoms with van der Waals surface area (Å²) < 4.78 is 15.0. The van der Waals surface area contributed by atoms with Crippen molar-refractivity contribution in [1.29, 1.82) is 0 Å². The number of rotatable bonds is 9. The van der Waals surface area contributed by atoms with Gasteiger partial charge in [-0.15, -0.1) is 9.42 Å². The zero-order valence-electron chi connectivity index (χ0n) is 9.46. The van der Waals surface area contributed by atoms with Crippen molar-refractivity contribution in [2.45, 2.75) is 44.6 Å². The number of carboxylic acid groups (broad SMARTS) is 2. The van der Waals surface area contributed by atoms with E-state index in [4.69, 9.17) is 15.1 Å². The highest BCUT2D eigenvalue weighted by Gasteiger charge is 2.42. The quantitative estimate of drug-likeness (QED) is 0.427. The first-order chi connectivity index (χ1) is 7.78. The van der Waals surface area contributed by atoms with Crippen LogP contribution in [-0.2, 0) is 18.7 Å². The van der Waals surface area contributed by atoms with E-state index in [9.17, 15) is 14.2 Å². The van der Waals surface area contributed by atoms with Crippen molar-refractivity contribution in [2.75, 3.05) is 0 Å². The number of hydrogen-bond donors (Lipinski definition) is 3. The molecule has 2 unspecified atom stereocenters. The Balaban J connectivity index is 4.06. The van der Waals surface area contributed by atoms with Crippen LogP contribution in [-0.4, -0.2) is 32.6 Å². The van der Waals surface area contributed by atoms with E-state index in [1.54, 1.807) is 0 Å². The molecule has 0 bridgehead atoms. The Labute approximate surface area is 99.4 Å². The standard InChI is InChI=1S/C9H15O7P/c1-9(8(12)13,16-17(14)15)6-4-2-3-5-7(10)11/h2-6H2,1H3,(H2-,10,11,12,13,14,15)/p+1. The molecule has 0 heterocycles. The van der Waals surface area contributed by atoms with Gasteiger partial charge in [0.25, 0.3) is 0 Å². The second-order valence-corrected chi connectivity index (χ2v) is 4.48. The Bertz CT molecular complexity index is 304. The van der Waals surface area contributed by atoms with E-state index in [-0.39, 0.29) is 12.8 Å². The topological polar surface area (TPSA) is 121 Å². The van der Waals surface area contributed by atoms with E-state index in [0.717, 1.165) is 0 Å². The molecule has 0 aromatic rings. The molecular weight excluding hydrogens is 251 g/mol. The fourth-order valence-corrected chi connectivity index (χ4v) is 1.79. The molecule has 0 aromatic carbocycles. The Morgan fingerprint density at radius 1 is 1.24 bits per heavy atom. The van der Waals surface area contributed by atoms with Crippen molar-refractivity contribution in [3.05, 3.63) is 0 Å². The minimum atomic E-state index is -2.98. The molecule has 3 N–H and O–H groups in total. The highest BCUT2D eigenvalue weighted by Crippen LogP contribution is 2.30. The summed E-state index contributed by atoms with van der Waals surface area (Å²) in [6, 6.07) is 0. The lowest BCUT2D eigenvalue weighted by atomic mass is 9.98. The molecule has 0 spiro atoms. The molecule has 0 saturated carbocycles. The minimum absolute atomic E-state index is 0.0267. The molecule has 0 radical (unpaired) electrons. The van der Waals surface area contributed by atoms with Gasteiger partial charge in [-0.25, -0.2) is 4.79 Å².